The van der Waals surface area contributed by atoms with Crippen LogP contribution in [-0.2, 0) is 0 Å². The second kappa shape index (κ2) is 8.68. The number of amides is 1. The van der Waals surface area contributed by atoms with E-state index in [-0.39, 0.29) is 11.9 Å². The van der Waals surface area contributed by atoms with Crippen LogP contribution in [0.2, 0.25) is 0 Å². The molecule has 2 aromatic carbocycles. The van der Waals surface area contributed by atoms with Crippen LogP contribution >= 0.6 is 11.3 Å². The fraction of sp³-hybridized carbons (Fsp3) is 0.238. The Balaban J connectivity index is 1.76. The van der Waals surface area contributed by atoms with Crippen LogP contribution in [0.5, 0.6) is 5.75 Å². The molecule has 0 aliphatic rings. The van der Waals surface area contributed by atoms with Gasteiger partial charge in [0.05, 0.1) is 24.5 Å². The number of carbonyl (C=O) groups excluding carboxylic acids is 1. The van der Waals surface area contributed by atoms with Gasteiger partial charge in [-0.15, -0.1) is 0 Å². The first kappa shape index (κ1) is 18.9. The normalized spacial score (nSPS) is 11.7. The van der Waals surface area contributed by atoms with E-state index in [4.69, 9.17) is 4.74 Å². The molecule has 0 spiro atoms. The molecule has 0 aliphatic heterocycles. The lowest BCUT2D eigenvalue weighted by Crippen LogP contribution is -2.28. The molecular formula is C21H23N3O2S. The molecule has 27 heavy (non-hydrogen) atoms. The summed E-state index contributed by atoms with van der Waals surface area (Å²) in [6.07, 6.45) is 0.819. The number of ether oxygens (including phenoxy) is 1. The highest BCUT2D eigenvalue weighted by Gasteiger charge is 2.19. The van der Waals surface area contributed by atoms with Gasteiger partial charge in [-0.2, -0.15) is 0 Å². The van der Waals surface area contributed by atoms with Gasteiger partial charge in [-0.1, -0.05) is 60.7 Å². The van der Waals surface area contributed by atoms with Gasteiger partial charge < -0.3 is 15.4 Å². The number of rotatable bonds is 7. The van der Waals surface area contributed by atoms with Gasteiger partial charge in [-0.3, -0.25) is 4.79 Å². The first-order valence-corrected chi connectivity index (χ1v) is 9.67. The summed E-state index contributed by atoms with van der Waals surface area (Å²) in [7, 11) is 1.63. The van der Waals surface area contributed by atoms with E-state index in [1.54, 1.807) is 7.11 Å². The minimum absolute atomic E-state index is 0.0224. The fourth-order valence-electron chi connectivity index (χ4n) is 2.85. The predicted octanol–water partition coefficient (Wildman–Crippen LogP) is 5.08. The van der Waals surface area contributed by atoms with E-state index < -0.39 is 0 Å². The zero-order valence-corrected chi connectivity index (χ0v) is 16.5. The minimum atomic E-state index is -0.103. The average Bonchev–Trinajstić information content (AvgIpc) is 3.07. The first-order chi connectivity index (χ1) is 13.1. The molecule has 0 saturated heterocycles. The van der Waals surface area contributed by atoms with Crippen molar-refractivity contribution in [3.63, 3.8) is 0 Å². The number of carbonyl (C=O) groups is 1. The lowest BCUT2D eigenvalue weighted by molar-refractivity contribution is 0.0939. The molecule has 0 fully saturated rings. The van der Waals surface area contributed by atoms with Crippen LogP contribution in [0.1, 0.15) is 40.3 Å². The second-order valence-corrected chi connectivity index (χ2v) is 7.10. The van der Waals surface area contributed by atoms with Gasteiger partial charge in [0.25, 0.3) is 5.91 Å². The molecule has 0 saturated carbocycles. The maximum atomic E-state index is 12.8. The summed E-state index contributed by atoms with van der Waals surface area (Å²) in [5.41, 5.74) is 2.62. The molecule has 6 heteroatoms. The average molecular weight is 382 g/mol. The van der Waals surface area contributed by atoms with Gasteiger partial charge >= 0.3 is 0 Å². The summed E-state index contributed by atoms with van der Waals surface area (Å²) < 4.78 is 5.35. The number of benzene rings is 2. The standard InChI is InChI=1S/C21H23N3O2S/c1-4-16(15-10-6-5-7-11-15)23-20(25)19-14(2)22-21(27-19)24-17-12-8-9-13-18(17)26-3/h5-13,16H,4H2,1-3H3,(H,22,24)(H,23,25)/t16-/m0/s1. The van der Waals surface area contributed by atoms with Gasteiger partial charge in [0, 0.05) is 0 Å². The van der Waals surface area contributed by atoms with Crippen molar-refractivity contribution in [3.05, 3.63) is 70.7 Å². The number of nitrogens with zero attached hydrogens (tertiary/aromatic N) is 1. The van der Waals surface area contributed by atoms with Crippen LogP contribution in [-0.4, -0.2) is 18.0 Å². The van der Waals surface area contributed by atoms with Crippen molar-refractivity contribution >= 4 is 28.1 Å². The highest BCUT2D eigenvalue weighted by Crippen LogP contribution is 2.31. The zero-order valence-electron chi connectivity index (χ0n) is 15.7. The molecule has 1 aromatic heterocycles. The van der Waals surface area contributed by atoms with E-state index in [0.29, 0.717) is 15.7 Å². The van der Waals surface area contributed by atoms with E-state index in [1.807, 2.05) is 61.5 Å². The van der Waals surface area contributed by atoms with Crippen molar-refractivity contribution in [1.82, 2.24) is 10.3 Å². The molecule has 140 valence electrons. The summed E-state index contributed by atoms with van der Waals surface area (Å²) in [4.78, 5) is 17.9. The Hall–Kier alpha value is -2.86. The smallest absolute Gasteiger partial charge is 0.263 e. The number of hydrogen-bond donors (Lipinski definition) is 2. The summed E-state index contributed by atoms with van der Waals surface area (Å²) in [6.45, 7) is 3.91. The van der Waals surface area contributed by atoms with Gasteiger partial charge in [0.1, 0.15) is 10.6 Å². The Morgan fingerprint density at radius 1 is 1.15 bits per heavy atom. The minimum Gasteiger partial charge on any atom is -0.495 e. The van der Waals surface area contributed by atoms with Crippen LogP contribution in [0.25, 0.3) is 0 Å². The molecule has 1 amide bonds. The number of hydrogen-bond acceptors (Lipinski definition) is 5. The van der Waals surface area contributed by atoms with Crippen LogP contribution in [0.3, 0.4) is 0 Å². The van der Waals surface area contributed by atoms with Crippen LogP contribution < -0.4 is 15.4 Å². The summed E-state index contributed by atoms with van der Waals surface area (Å²) >= 11 is 1.34. The molecule has 0 radical (unpaired) electrons. The number of nitrogens with one attached hydrogen (secondary N) is 2. The van der Waals surface area contributed by atoms with Crippen molar-refractivity contribution in [3.8, 4) is 5.75 Å². The highest BCUT2D eigenvalue weighted by molar-refractivity contribution is 7.17. The van der Waals surface area contributed by atoms with Crippen molar-refractivity contribution in [2.24, 2.45) is 0 Å². The molecule has 3 rings (SSSR count). The van der Waals surface area contributed by atoms with E-state index in [1.165, 1.54) is 11.3 Å². The number of methoxy groups -OCH3 is 1. The Morgan fingerprint density at radius 2 is 1.85 bits per heavy atom. The Morgan fingerprint density at radius 3 is 2.56 bits per heavy atom. The quantitative estimate of drug-likeness (QED) is 0.599. The Bertz CT molecular complexity index is 909. The summed E-state index contributed by atoms with van der Waals surface area (Å²) in [5, 5.41) is 7.02. The molecule has 0 bridgehead atoms. The zero-order chi connectivity index (χ0) is 19.2. The Labute approximate surface area is 163 Å². The number of aryl methyl sites for hydroxylation is 1. The van der Waals surface area contributed by atoms with Gasteiger partial charge in [0.15, 0.2) is 5.13 Å². The number of aromatic nitrogens is 1. The topological polar surface area (TPSA) is 63.2 Å². The van der Waals surface area contributed by atoms with Crippen molar-refractivity contribution in [1.29, 1.82) is 0 Å². The lowest BCUT2D eigenvalue weighted by Gasteiger charge is -2.17. The van der Waals surface area contributed by atoms with Gasteiger partial charge in [-0.05, 0) is 31.0 Å². The molecular weight excluding hydrogens is 358 g/mol. The van der Waals surface area contributed by atoms with E-state index in [9.17, 15) is 4.79 Å². The van der Waals surface area contributed by atoms with Crippen molar-refractivity contribution in [2.45, 2.75) is 26.3 Å². The third-order valence-electron chi connectivity index (χ3n) is 4.27. The Kier molecular flexibility index (Phi) is 6.08. The largest absolute Gasteiger partial charge is 0.495 e. The molecule has 3 aromatic rings. The van der Waals surface area contributed by atoms with Crippen LogP contribution in [0.15, 0.2) is 54.6 Å². The van der Waals surface area contributed by atoms with Crippen molar-refractivity contribution in [2.75, 3.05) is 12.4 Å². The molecule has 1 atom stereocenters. The van der Waals surface area contributed by atoms with E-state index in [2.05, 4.69) is 22.5 Å². The number of anilines is 2. The van der Waals surface area contributed by atoms with E-state index in [0.717, 1.165) is 23.4 Å². The SMILES string of the molecule is CC[C@H](NC(=O)c1sc(Nc2ccccc2OC)nc1C)c1ccccc1. The predicted molar refractivity (Wildman–Crippen MR) is 110 cm³/mol. The maximum absolute atomic E-state index is 12.8. The van der Waals surface area contributed by atoms with Crippen molar-refractivity contribution < 1.29 is 9.53 Å². The van der Waals surface area contributed by atoms with E-state index >= 15 is 0 Å². The number of para-hydroxylation sites is 2. The number of thiazole rings is 1. The van der Waals surface area contributed by atoms with Gasteiger partial charge in [0.2, 0.25) is 0 Å². The molecule has 0 aliphatic carbocycles. The summed E-state index contributed by atoms with van der Waals surface area (Å²) in [5.74, 6) is 0.625. The van der Waals surface area contributed by atoms with Gasteiger partial charge in [-0.25, -0.2) is 4.98 Å². The second-order valence-electron chi connectivity index (χ2n) is 6.10. The fourth-order valence-corrected chi connectivity index (χ4v) is 3.74. The molecule has 0 unspecified atom stereocenters. The lowest BCUT2D eigenvalue weighted by atomic mass is 10.0. The maximum Gasteiger partial charge on any atom is 0.263 e. The third kappa shape index (κ3) is 4.46. The summed E-state index contributed by atoms with van der Waals surface area (Å²) in [6, 6.07) is 17.6. The molecule has 5 nitrogen and oxygen atoms in total. The van der Waals surface area contributed by atoms with Crippen LogP contribution in [0, 0.1) is 6.92 Å². The third-order valence-corrected chi connectivity index (χ3v) is 5.34. The first-order valence-electron chi connectivity index (χ1n) is 8.85. The molecule has 1 heterocycles. The van der Waals surface area contributed by atoms with Crippen LogP contribution in [0.4, 0.5) is 10.8 Å². The molecule has 2 N–H and O–H groups in total. The highest BCUT2D eigenvalue weighted by atomic mass is 32.1. The monoisotopic (exact) mass is 381 g/mol.